The van der Waals surface area contributed by atoms with E-state index in [0.717, 1.165) is 0 Å². The number of thiazole rings is 1. The maximum atomic E-state index is 11.9. The van der Waals surface area contributed by atoms with Gasteiger partial charge in [0.1, 0.15) is 15.3 Å². The first-order valence-electron chi connectivity index (χ1n) is 6.63. The van der Waals surface area contributed by atoms with E-state index < -0.39 is 15.3 Å². The SMILES string of the molecule is CCOC(=O)C(C)(C)c1csc(NC(C)CS(C)(=O)=O)n1. The van der Waals surface area contributed by atoms with Crippen LogP contribution in [0, 0.1) is 0 Å². The molecule has 0 radical (unpaired) electrons. The maximum absolute atomic E-state index is 11.9. The minimum atomic E-state index is -3.05. The van der Waals surface area contributed by atoms with Crippen molar-refractivity contribution < 1.29 is 17.9 Å². The number of carbonyl (C=O) groups excluding carboxylic acids is 1. The number of rotatable bonds is 7. The fourth-order valence-electron chi connectivity index (χ4n) is 1.75. The van der Waals surface area contributed by atoms with Crippen molar-refractivity contribution in [2.24, 2.45) is 0 Å². The molecule has 8 heteroatoms. The van der Waals surface area contributed by atoms with Gasteiger partial charge in [0.2, 0.25) is 0 Å². The van der Waals surface area contributed by atoms with Crippen molar-refractivity contribution in [3.05, 3.63) is 11.1 Å². The Morgan fingerprint density at radius 2 is 2.14 bits per heavy atom. The van der Waals surface area contributed by atoms with Gasteiger partial charge in [-0.1, -0.05) is 0 Å². The molecule has 0 spiro atoms. The second-order valence-electron chi connectivity index (χ2n) is 5.52. The maximum Gasteiger partial charge on any atom is 0.317 e. The lowest BCUT2D eigenvalue weighted by Crippen LogP contribution is -2.31. The highest BCUT2D eigenvalue weighted by Crippen LogP contribution is 2.28. The van der Waals surface area contributed by atoms with E-state index in [4.69, 9.17) is 4.74 Å². The van der Waals surface area contributed by atoms with Gasteiger partial charge in [-0.15, -0.1) is 11.3 Å². The summed E-state index contributed by atoms with van der Waals surface area (Å²) in [7, 11) is -3.05. The van der Waals surface area contributed by atoms with Crippen molar-refractivity contribution in [1.82, 2.24) is 4.98 Å². The van der Waals surface area contributed by atoms with E-state index in [1.807, 2.05) is 0 Å². The van der Waals surface area contributed by atoms with Crippen LogP contribution in [0.4, 0.5) is 5.13 Å². The first-order chi connectivity index (χ1) is 9.56. The molecule has 1 aromatic rings. The van der Waals surface area contributed by atoms with Crippen LogP contribution in [0.25, 0.3) is 0 Å². The molecule has 0 saturated carbocycles. The first-order valence-corrected chi connectivity index (χ1v) is 9.57. The summed E-state index contributed by atoms with van der Waals surface area (Å²) in [4.78, 5) is 16.3. The summed E-state index contributed by atoms with van der Waals surface area (Å²) >= 11 is 1.34. The molecule has 6 nitrogen and oxygen atoms in total. The molecule has 1 unspecified atom stereocenters. The molecule has 0 aromatic carbocycles. The van der Waals surface area contributed by atoms with Crippen molar-refractivity contribution >= 4 is 32.3 Å². The highest BCUT2D eigenvalue weighted by atomic mass is 32.2. The molecular formula is C13H22N2O4S2. The van der Waals surface area contributed by atoms with Crippen molar-refractivity contribution in [3.8, 4) is 0 Å². The van der Waals surface area contributed by atoms with Crippen LogP contribution in [0.1, 0.15) is 33.4 Å². The third-order valence-electron chi connectivity index (χ3n) is 2.85. The molecule has 0 aliphatic carbocycles. The molecule has 1 heterocycles. The van der Waals surface area contributed by atoms with Crippen molar-refractivity contribution in [2.45, 2.75) is 39.2 Å². The molecule has 0 saturated heterocycles. The Bertz CT molecular complexity index is 593. The van der Waals surface area contributed by atoms with Crippen LogP contribution in [0.5, 0.6) is 0 Å². The number of nitrogens with zero attached hydrogens (tertiary/aromatic N) is 1. The molecule has 0 bridgehead atoms. The van der Waals surface area contributed by atoms with Gasteiger partial charge in [-0.2, -0.15) is 0 Å². The molecule has 1 aromatic heterocycles. The molecule has 1 atom stereocenters. The number of hydrogen-bond acceptors (Lipinski definition) is 7. The van der Waals surface area contributed by atoms with Crippen LogP contribution in [-0.4, -0.2) is 44.0 Å². The summed E-state index contributed by atoms with van der Waals surface area (Å²) in [5.74, 6) is -0.297. The number of aromatic nitrogens is 1. The van der Waals surface area contributed by atoms with Gasteiger partial charge in [0.15, 0.2) is 5.13 Å². The molecule has 0 aliphatic rings. The van der Waals surface area contributed by atoms with Gasteiger partial charge in [0, 0.05) is 17.7 Å². The predicted octanol–water partition coefficient (Wildman–Crippen LogP) is 1.83. The highest BCUT2D eigenvalue weighted by Gasteiger charge is 2.34. The Hall–Kier alpha value is -1.15. The Morgan fingerprint density at radius 3 is 2.67 bits per heavy atom. The lowest BCUT2D eigenvalue weighted by molar-refractivity contribution is -0.148. The van der Waals surface area contributed by atoms with E-state index in [9.17, 15) is 13.2 Å². The number of ether oxygens (including phenoxy) is 1. The topological polar surface area (TPSA) is 85.4 Å². The molecule has 0 fully saturated rings. The van der Waals surface area contributed by atoms with Crippen LogP contribution < -0.4 is 5.32 Å². The average Bonchev–Trinajstić information content (AvgIpc) is 2.75. The molecule has 0 amide bonds. The van der Waals surface area contributed by atoms with E-state index in [1.54, 1.807) is 33.1 Å². The summed E-state index contributed by atoms with van der Waals surface area (Å²) in [6, 6.07) is -0.246. The van der Waals surface area contributed by atoms with E-state index in [-0.39, 0.29) is 17.8 Å². The standard InChI is InChI=1S/C13H22N2O4S2/c1-6-19-11(16)13(3,4)10-7-20-12(15-10)14-9(2)8-21(5,17)18/h7,9H,6,8H2,1-5H3,(H,14,15). The number of esters is 1. The lowest BCUT2D eigenvalue weighted by atomic mass is 9.90. The van der Waals surface area contributed by atoms with Gasteiger partial charge < -0.3 is 10.1 Å². The van der Waals surface area contributed by atoms with Gasteiger partial charge >= 0.3 is 5.97 Å². The van der Waals surface area contributed by atoms with Gasteiger partial charge in [-0.25, -0.2) is 13.4 Å². The van der Waals surface area contributed by atoms with Gasteiger partial charge in [0.25, 0.3) is 0 Å². The van der Waals surface area contributed by atoms with E-state index >= 15 is 0 Å². The summed E-state index contributed by atoms with van der Waals surface area (Å²) in [6.07, 6.45) is 1.20. The number of sulfone groups is 1. The minimum absolute atomic E-state index is 0.0309. The summed E-state index contributed by atoms with van der Waals surface area (Å²) in [5, 5.41) is 5.42. The lowest BCUT2D eigenvalue weighted by Gasteiger charge is -2.19. The smallest absolute Gasteiger partial charge is 0.317 e. The Kier molecular flexibility index (Phi) is 5.75. The van der Waals surface area contributed by atoms with Crippen LogP contribution in [-0.2, 0) is 24.8 Å². The Labute approximate surface area is 129 Å². The van der Waals surface area contributed by atoms with E-state index in [2.05, 4.69) is 10.3 Å². The fraction of sp³-hybridized carbons (Fsp3) is 0.692. The molecular weight excluding hydrogens is 312 g/mol. The Morgan fingerprint density at radius 1 is 1.52 bits per heavy atom. The molecule has 1 N–H and O–H groups in total. The van der Waals surface area contributed by atoms with Gasteiger partial charge in [-0.05, 0) is 27.7 Å². The monoisotopic (exact) mass is 334 g/mol. The largest absolute Gasteiger partial charge is 0.465 e. The molecule has 0 aliphatic heterocycles. The van der Waals surface area contributed by atoms with E-state index in [1.165, 1.54) is 17.6 Å². The van der Waals surface area contributed by atoms with Crippen LogP contribution in [0.15, 0.2) is 5.38 Å². The zero-order valence-electron chi connectivity index (χ0n) is 13.0. The van der Waals surface area contributed by atoms with Crippen LogP contribution in [0.3, 0.4) is 0 Å². The van der Waals surface area contributed by atoms with E-state index in [0.29, 0.717) is 17.4 Å². The number of carbonyl (C=O) groups is 1. The summed E-state index contributed by atoms with van der Waals surface area (Å²) in [5.41, 5.74) is -0.216. The number of hydrogen-bond donors (Lipinski definition) is 1. The fourth-order valence-corrected chi connectivity index (χ4v) is 3.73. The van der Waals surface area contributed by atoms with Gasteiger partial charge in [-0.3, -0.25) is 4.79 Å². The Balaban J connectivity index is 2.79. The zero-order chi connectivity index (χ0) is 16.3. The average molecular weight is 334 g/mol. The van der Waals surface area contributed by atoms with Crippen molar-refractivity contribution in [2.75, 3.05) is 23.9 Å². The third-order valence-corrected chi connectivity index (χ3v) is 4.73. The van der Waals surface area contributed by atoms with Gasteiger partial charge in [0.05, 0.1) is 18.1 Å². The molecule has 1 rings (SSSR count). The number of nitrogens with one attached hydrogen (secondary N) is 1. The molecule has 120 valence electrons. The second kappa shape index (κ2) is 6.74. The summed E-state index contributed by atoms with van der Waals surface area (Å²) < 4.78 is 27.5. The van der Waals surface area contributed by atoms with Crippen molar-refractivity contribution in [1.29, 1.82) is 0 Å². The second-order valence-corrected chi connectivity index (χ2v) is 8.56. The normalized spacial score (nSPS) is 13.8. The zero-order valence-corrected chi connectivity index (χ0v) is 14.6. The van der Waals surface area contributed by atoms with Crippen LogP contribution >= 0.6 is 11.3 Å². The minimum Gasteiger partial charge on any atom is -0.465 e. The number of anilines is 1. The first kappa shape index (κ1) is 17.9. The highest BCUT2D eigenvalue weighted by molar-refractivity contribution is 7.90. The van der Waals surface area contributed by atoms with Crippen molar-refractivity contribution in [3.63, 3.8) is 0 Å². The molecule has 21 heavy (non-hydrogen) atoms. The summed E-state index contributed by atoms with van der Waals surface area (Å²) in [6.45, 7) is 7.36. The third kappa shape index (κ3) is 5.28. The van der Waals surface area contributed by atoms with Crippen LogP contribution in [0.2, 0.25) is 0 Å². The quantitative estimate of drug-likeness (QED) is 0.766. The predicted molar refractivity (Wildman–Crippen MR) is 84.6 cm³/mol.